The Bertz CT molecular complexity index is 970. The third-order valence-corrected chi connectivity index (χ3v) is 6.32. The molecule has 164 valence electrons. The van der Waals surface area contributed by atoms with Crippen molar-refractivity contribution in [1.82, 2.24) is 15.1 Å². The van der Waals surface area contributed by atoms with E-state index >= 15 is 0 Å². The molecule has 0 N–H and O–H groups in total. The topological polar surface area (TPSA) is 51.4 Å². The molecule has 0 amide bonds. The van der Waals surface area contributed by atoms with Gasteiger partial charge in [0.05, 0.1) is 0 Å². The molecule has 1 aliphatic heterocycles. The second-order valence-corrected chi connectivity index (χ2v) is 8.56. The molecule has 1 unspecified atom stereocenters. The summed E-state index contributed by atoms with van der Waals surface area (Å²) in [7, 11) is 0. The molecule has 5 rings (SSSR count). The minimum Gasteiger partial charge on any atom is -0.484 e. The first kappa shape index (κ1) is 21.8. The van der Waals surface area contributed by atoms with E-state index in [1.54, 1.807) is 0 Å². The standard InChI is InChI=1S/C25H29N3O2.ClH/c1-3-7-20(8-4-1)25-27-26-24(30-25)18-29-23-12-11-21-15-19(9-10-22(21)16-23)17-28-13-5-2-6-14-28;/h1,3-4,7-8,11-12,16,19H,2,5-6,9-10,13-15,17-18H2;1H. The smallest absolute Gasteiger partial charge is 0.254 e. The van der Waals surface area contributed by atoms with Crippen molar-refractivity contribution in [1.29, 1.82) is 0 Å². The van der Waals surface area contributed by atoms with Crippen LogP contribution in [-0.2, 0) is 19.4 Å². The highest BCUT2D eigenvalue weighted by atomic mass is 35.5. The third kappa shape index (κ3) is 5.46. The molecule has 0 bridgehead atoms. The van der Waals surface area contributed by atoms with Gasteiger partial charge in [0.2, 0.25) is 5.89 Å². The van der Waals surface area contributed by atoms with Crippen LogP contribution in [0.5, 0.6) is 5.75 Å². The summed E-state index contributed by atoms with van der Waals surface area (Å²) < 4.78 is 11.7. The number of rotatable bonds is 6. The maximum absolute atomic E-state index is 5.95. The number of ether oxygens (including phenoxy) is 1. The lowest BCUT2D eigenvalue weighted by molar-refractivity contribution is 0.187. The van der Waals surface area contributed by atoms with Crippen molar-refractivity contribution >= 4 is 12.4 Å². The van der Waals surface area contributed by atoms with E-state index in [1.165, 1.54) is 62.9 Å². The molecule has 3 aromatic rings. The number of hydrogen-bond acceptors (Lipinski definition) is 5. The second kappa shape index (κ2) is 10.3. The number of hydrogen-bond donors (Lipinski definition) is 0. The van der Waals surface area contributed by atoms with Gasteiger partial charge in [0, 0.05) is 12.1 Å². The Kier molecular flexibility index (Phi) is 7.25. The van der Waals surface area contributed by atoms with Crippen LogP contribution in [0.25, 0.3) is 11.5 Å². The van der Waals surface area contributed by atoms with Crippen LogP contribution in [0.3, 0.4) is 0 Å². The quantitative estimate of drug-likeness (QED) is 0.519. The minimum absolute atomic E-state index is 0. The van der Waals surface area contributed by atoms with Gasteiger partial charge in [0.15, 0.2) is 6.61 Å². The van der Waals surface area contributed by atoms with Gasteiger partial charge in [-0.2, -0.15) is 0 Å². The Morgan fingerprint density at radius 3 is 2.65 bits per heavy atom. The van der Waals surface area contributed by atoms with Crippen molar-refractivity contribution < 1.29 is 9.15 Å². The number of nitrogens with zero attached hydrogens (tertiary/aromatic N) is 3. The van der Waals surface area contributed by atoms with Crippen LogP contribution < -0.4 is 4.74 Å². The molecule has 2 heterocycles. The fourth-order valence-corrected chi connectivity index (χ4v) is 4.71. The molecular formula is C25H30ClN3O2. The van der Waals surface area contributed by atoms with Crippen molar-refractivity contribution in [3.8, 4) is 17.2 Å². The van der Waals surface area contributed by atoms with E-state index in [-0.39, 0.29) is 19.0 Å². The predicted octanol–water partition coefficient (Wildman–Crippen LogP) is 5.33. The lowest BCUT2D eigenvalue weighted by atomic mass is 9.83. The summed E-state index contributed by atoms with van der Waals surface area (Å²) in [4.78, 5) is 2.67. The summed E-state index contributed by atoms with van der Waals surface area (Å²) in [6, 6.07) is 16.3. The summed E-state index contributed by atoms with van der Waals surface area (Å²) in [5.41, 5.74) is 3.83. The fraction of sp³-hybridized carbons (Fsp3) is 0.440. The number of fused-ring (bicyclic) bond motifs is 1. The van der Waals surface area contributed by atoms with Crippen LogP contribution in [-0.4, -0.2) is 34.7 Å². The van der Waals surface area contributed by atoms with Gasteiger partial charge in [0.1, 0.15) is 5.75 Å². The number of aryl methyl sites for hydroxylation is 1. The van der Waals surface area contributed by atoms with Gasteiger partial charge in [-0.25, -0.2) is 0 Å². The Morgan fingerprint density at radius 1 is 0.968 bits per heavy atom. The molecule has 0 spiro atoms. The van der Waals surface area contributed by atoms with Crippen LogP contribution in [0.15, 0.2) is 52.9 Å². The zero-order chi connectivity index (χ0) is 20.2. The molecule has 0 saturated carbocycles. The van der Waals surface area contributed by atoms with Gasteiger partial charge in [0.25, 0.3) is 5.89 Å². The van der Waals surface area contributed by atoms with E-state index in [2.05, 4.69) is 33.3 Å². The molecule has 1 saturated heterocycles. The van der Waals surface area contributed by atoms with Crippen molar-refractivity contribution in [2.45, 2.75) is 45.1 Å². The largest absolute Gasteiger partial charge is 0.484 e. The Labute approximate surface area is 190 Å². The Morgan fingerprint density at radius 2 is 1.81 bits per heavy atom. The predicted molar refractivity (Wildman–Crippen MR) is 124 cm³/mol. The van der Waals surface area contributed by atoms with E-state index in [0.29, 0.717) is 11.8 Å². The molecule has 1 atom stereocenters. The molecule has 31 heavy (non-hydrogen) atoms. The maximum Gasteiger partial charge on any atom is 0.254 e. The lowest BCUT2D eigenvalue weighted by Gasteiger charge is -2.33. The second-order valence-electron chi connectivity index (χ2n) is 8.56. The molecule has 2 aliphatic rings. The zero-order valence-electron chi connectivity index (χ0n) is 17.8. The van der Waals surface area contributed by atoms with E-state index < -0.39 is 0 Å². The van der Waals surface area contributed by atoms with E-state index in [1.807, 2.05) is 30.3 Å². The highest BCUT2D eigenvalue weighted by molar-refractivity contribution is 5.85. The fourth-order valence-electron chi connectivity index (χ4n) is 4.71. The lowest BCUT2D eigenvalue weighted by Crippen LogP contribution is -2.36. The summed E-state index contributed by atoms with van der Waals surface area (Å²) in [5, 5.41) is 8.24. The van der Waals surface area contributed by atoms with Gasteiger partial charge < -0.3 is 14.1 Å². The van der Waals surface area contributed by atoms with Gasteiger partial charge in [-0.15, -0.1) is 22.6 Å². The van der Waals surface area contributed by atoms with Crippen molar-refractivity contribution in [2.75, 3.05) is 19.6 Å². The molecule has 6 heteroatoms. The number of piperidine rings is 1. The van der Waals surface area contributed by atoms with Crippen LogP contribution in [0.4, 0.5) is 0 Å². The molecule has 1 aromatic heterocycles. The van der Waals surface area contributed by atoms with Gasteiger partial charge in [-0.1, -0.05) is 30.7 Å². The normalized spacial score (nSPS) is 18.8. The summed E-state index contributed by atoms with van der Waals surface area (Å²) in [5.74, 6) is 2.69. The first-order valence-corrected chi connectivity index (χ1v) is 11.2. The maximum atomic E-state index is 5.95. The average Bonchev–Trinajstić information content (AvgIpc) is 3.28. The van der Waals surface area contributed by atoms with E-state index in [0.717, 1.165) is 23.7 Å². The molecule has 2 aromatic carbocycles. The SMILES string of the molecule is Cl.c1ccc(-c2nnc(COc3ccc4c(c3)CCC(CN3CCCCC3)C4)o2)cc1. The minimum atomic E-state index is 0. The Hall–Kier alpha value is -2.37. The first-order valence-electron chi connectivity index (χ1n) is 11.2. The van der Waals surface area contributed by atoms with E-state index in [4.69, 9.17) is 9.15 Å². The average molecular weight is 440 g/mol. The third-order valence-electron chi connectivity index (χ3n) is 6.32. The summed E-state index contributed by atoms with van der Waals surface area (Å²) >= 11 is 0. The van der Waals surface area contributed by atoms with Gasteiger partial charge in [-0.3, -0.25) is 0 Å². The Balaban J connectivity index is 0.00000231. The molecule has 1 fully saturated rings. The van der Waals surface area contributed by atoms with E-state index in [9.17, 15) is 0 Å². The zero-order valence-corrected chi connectivity index (χ0v) is 18.7. The first-order chi connectivity index (χ1) is 14.8. The molecular weight excluding hydrogens is 410 g/mol. The number of halogens is 1. The highest BCUT2D eigenvalue weighted by Crippen LogP contribution is 2.30. The molecule has 5 nitrogen and oxygen atoms in total. The summed E-state index contributed by atoms with van der Waals surface area (Å²) in [6.07, 6.45) is 7.76. The number of benzene rings is 2. The van der Waals surface area contributed by atoms with Gasteiger partial charge in [-0.05, 0) is 86.5 Å². The molecule has 1 aliphatic carbocycles. The van der Waals surface area contributed by atoms with Crippen LogP contribution in [0.1, 0.15) is 42.7 Å². The molecule has 0 radical (unpaired) electrons. The van der Waals surface area contributed by atoms with Crippen LogP contribution >= 0.6 is 12.4 Å². The number of aromatic nitrogens is 2. The number of likely N-dealkylation sites (tertiary alicyclic amines) is 1. The highest BCUT2D eigenvalue weighted by Gasteiger charge is 2.22. The monoisotopic (exact) mass is 439 g/mol. The summed E-state index contributed by atoms with van der Waals surface area (Å²) in [6.45, 7) is 4.13. The van der Waals surface area contributed by atoms with Crippen molar-refractivity contribution in [3.63, 3.8) is 0 Å². The van der Waals surface area contributed by atoms with Crippen LogP contribution in [0, 0.1) is 5.92 Å². The van der Waals surface area contributed by atoms with Gasteiger partial charge >= 0.3 is 0 Å². The van der Waals surface area contributed by atoms with Crippen molar-refractivity contribution in [2.24, 2.45) is 5.92 Å². The van der Waals surface area contributed by atoms with Crippen LogP contribution in [0.2, 0.25) is 0 Å². The van der Waals surface area contributed by atoms with Crippen molar-refractivity contribution in [3.05, 3.63) is 65.5 Å².